The Balaban J connectivity index is 1.23. The number of amides is 4. The van der Waals surface area contributed by atoms with Crippen molar-refractivity contribution in [1.82, 2.24) is 43.7 Å². The zero-order chi connectivity index (χ0) is 46.5. The third-order valence-corrected chi connectivity index (χ3v) is 12.4. The van der Waals surface area contributed by atoms with E-state index in [1.54, 1.807) is 33.5 Å². The molecule has 1 fully saturated rings. The highest BCUT2D eigenvalue weighted by molar-refractivity contribution is 7.13. The summed E-state index contributed by atoms with van der Waals surface area (Å²) in [7, 11) is 1.47. The number of allylic oxidation sites excluding steroid dienone is 2. The number of nitrogens with two attached hydrogens (primary N) is 2. The molecule has 6 aromatic rings. The summed E-state index contributed by atoms with van der Waals surface area (Å²) in [6, 6.07) is 8.50. The molecule has 65 heavy (non-hydrogen) atoms. The number of anilines is 2. The van der Waals surface area contributed by atoms with Crippen molar-refractivity contribution in [3.8, 4) is 11.5 Å². The Bertz CT molecular complexity index is 2770. The molecule has 1 aliphatic rings. The number of rotatable bonds is 19. The summed E-state index contributed by atoms with van der Waals surface area (Å²) in [5.41, 5.74) is 15.5. The first kappa shape index (κ1) is 46.4. The average molecular weight is 908 g/mol. The van der Waals surface area contributed by atoms with Crippen LogP contribution in [0.1, 0.15) is 91.4 Å². The van der Waals surface area contributed by atoms with Gasteiger partial charge in [-0.15, -0.1) is 11.3 Å². The fourth-order valence-corrected chi connectivity index (χ4v) is 8.97. The standard InChI is InChI=1S/C45H57N13O6S/c1-8-31-39(65-28(6)48-31)43(62)52-45-50-33-23-30(41(47)60)25-36(64-20-12-13-54-16-18-55(19-17-54)26(3)4)38(33)57(45)15-11-10-14-56-37-32(22-29(40(46)59)24-35(37)63-7)49-44(56)51-42(61)34-21-27(5)53-58(34)9-2/h10-11,21-26H,8-9,12-20H2,1-7H3,(H2,46,59)(H2,47,60)(H,49,51,61)(H,50,52,62)/b11-10+. The van der Waals surface area contributed by atoms with Crippen LogP contribution in [0.5, 0.6) is 11.5 Å². The summed E-state index contributed by atoms with van der Waals surface area (Å²) in [5.74, 6) is -0.954. The number of carbonyl (C=O) groups excluding carboxylic acids is 4. The molecule has 2 aromatic carbocycles. The molecule has 4 aromatic heterocycles. The molecule has 7 rings (SSSR count). The summed E-state index contributed by atoms with van der Waals surface area (Å²) in [5, 5.41) is 11.1. The molecular formula is C45H57N13O6S. The molecule has 1 saturated heterocycles. The van der Waals surface area contributed by atoms with Crippen LogP contribution in [0.15, 0.2) is 42.5 Å². The van der Waals surface area contributed by atoms with Crippen molar-refractivity contribution >= 4 is 68.9 Å². The van der Waals surface area contributed by atoms with Crippen LogP contribution in [-0.2, 0) is 26.1 Å². The van der Waals surface area contributed by atoms with Crippen LogP contribution < -0.4 is 31.6 Å². The van der Waals surface area contributed by atoms with Crippen LogP contribution >= 0.6 is 11.3 Å². The zero-order valence-electron chi connectivity index (χ0n) is 37.9. The van der Waals surface area contributed by atoms with Crippen LogP contribution in [0.25, 0.3) is 22.1 Å². The summed E-state index contributed by atoms with van der Waals surface area (Å²) in [6.45, 7) is 18.0. The molecule has 20 heteroatoms. The number of ether oxygens (including phenoxy) is 2. The third-order valence-electron chi connectivity index (χ3n) is 11.4. The van der Waals surface area contributed by atoms with Crippen LogP contribution in [0.2, 0.25) is 0 Å². The van der Waals surface area contributed by atoms with Crippen molar-refractivity contribution in [2.75, 3.05) is 57.1 Å². The molecule has 0 spiro atoms. The Morgan fingerprint density at radius 2 is 1.40 bits per heavy atom. The number of nitrogens with zero attached hydrogens (tertiary/aromatic N) is 9. The smallest absolute Gasteiger partial charge is 0.276 e. The monoisotopic (exact) mass is 907 g/mol. The second-order valence-corrected chi connectivity index (χ2v) is 17.3. The predicted octanol–water partition coefficient (Wildman–Crippen LogP) is 5.00. The summed E-state index contributed by atoms with van der Waals surface area (Å²) in [6.07, 6.45) is 5.07. The highest BCUT2D eigenvalue weighted by Crippen LogP contribution is 2.33. The molecule has 0 saturated carbocycles. The number of benzene rings is 2. The van der Waals surface area contributed by atoms with Gasteiger partial charge in [0.25, 0.3) is 11.8 Å². The predicted molar refractivity (Wildman–Crippen MR) is 250 cm³/mol. The highest BCUT2D eigenvalue weighted by Gasteiger charge is 2.25. The quantitative estimate of drug-likeness (QED) is 0.0621. The van der Waals surface area contributed by atoms with E-state index in [2.05, 4.69) is 44.4 Å². The van der Waals surface area contributed by atoms with E-state index in [0.29, 0.717) is 81.1 Å². The zero-order valence-corrected chi connectivity index (χ0v) is 38.8. The Hall–Kier alpha value is -6.64. The molecule has 0 aliphatic carbocycles. The molecule has 1 aliphatic heterocycles. The van der Waals surface area contributed by atoms with Gasteiger partial charge in [-0.2, -0.15) is 5.10 Å². The fraction of sp³-hybridized carbons (Fsp3) is 0.422. The number of aromatic nitrogens is 7. The van der Waals surface area contributed by atoms with Gasteiger partial charge < -0.3 is 35.0 Å². The van der Waals surface area contributed by atoms with E-state index in [0.717, 1.165) is 44.2 Å². The van der Waals surface area contributed by atoms with Gasteiger partial charge in [-0.3, -0.25) is 39.4 Å². The number of methoxy groups -OCH3 is 1. The topological polar surface area (TPSA) is 236 Å². The molecule has 0 bridgehead atoms. The SMILES string of the molecule is CCc1nc(C)sc1C(=O)Nc1nc2cc(C(N)=O)cc(OCCCN3CCN(C(C)C)CC3)c2n1C/C=C/Cn1c(NC(=O)c2cc(C)nn2CC)nc2cc(C(N)=O)cc(OC)c21. The van der Waals surface area contributed by atoms with Crippen LogP contribution in [0.4, 0.5) is 11.9 Å². The minimum atomic E-state index is -0.661. The minimum absolute atomic E-state index is 0.180. The number of fused-ring (bicyclic) bond motifs is 2. The normalized spacial score (nSPS) is 13.7. The Morgan fingerprint density at radius 3 is 1.95 bits per heavy atom. The van der Waals surface area contributed by atoms with Gasteiger partial charge in [-0.05, 0) is 77.8 Å². The molecule has 0 unspecified atom stereocenters. The Morgan fingerprint density at radius 1 is 0.815 bits per heavy atom. The van der Waals surface area contributed by atoms with Gasteiger partial charge in [0.1, 0.15) is 33.1 Å². The molecule has 4 amide bonds. The molecule has 0 atom stereocenters. The first-order valence-corrected chi connectivity index (χ1v) is 22.6. The van der Waals surface area contributed by atoms with E-state index in [-0.39, 0.29) is 42.0 Å². The van der Waals surface area contributed by atoms with Crippen molar-refractivity contribution in [3.63, 3.8) is 0 Å². The van der Waals surface area contributed by atoms with Crippen molar-refractivity contribution < 1.29 is 28.7 Å². The number of hydrogen-bond acceptors (Lipinski definition) is 13. The first-order chi connectivity index (χ1) is 31.2. The Kier molecular flexibility index (Phi) is 14.3. The van der Waals surface area contributed by atoms with Crippen molar-refractivity contribution in [2.45, 2.75) is 80.1 Å². The van der Waals surface area contributed by atoms with Gasteiger partial charge in [0.15, 0.2) is 0 Å². The number of nitrogens with one attached hydrogen (secondary N) is 2. The van der Waals surface area contributed by atoms with Gasteiger partial charge in [-0.1, -0.05) is 19.1 Å². The largest absolute Gasteiger partial charge is 0.494 e. The molecule has 344 valence electrons. The lowest BCUT2D eigenvalue weighted by Gasteiger charge is -2.36. The van der Waals surface area contributed by atoms with E-state index in [9.17, 15) is 19.2 Å². The second-order valence-electron chi connectivity index (χ2n) is 16.1. The van der Waals surface area contributed by atoms with Gasteiger partial charge in [0, 0.05) is 69.5 Å². The number of aryl methyl sites for hydroxylation is 4. The average Bonchev–Trinajstić information content (AvgIpc) is 4.05. The molecule has 19 nitrogen and oxygen atoms in total. The van der Waals surface area contributed by atoms with Crippen LogP contribution in [0, 0.1) is 13.8 Å². The van der Waals surface area contributed by atoms with Crippen LogP contribution in [-0.4, -0.2) is 120 Å². The number of hydrogen-bond donors (Lipinski definition) is 4. The van der Waals surface area contributed by atoms with Crippen LogP contribution in [0.3, 0.4) is 0 Å². The number of primary amides is 2. The number of carbonyl (C=O) groups is 4. The minimum Gasteiger partial charge on any atom is -0.494 e. The molecular weight excluding hydrogens is 851 g/mol. The summed E-state index contributed by atoms with van der Waals surface area (Å²) < 4.78 is 17.4. The lowest BCUT2D eigenvalue weighted by Crippen LogP contribution is -2.49. The lowest BCUT2D eigenvalue weighted by atomic mass is 10.1. The molecule has 6 N–H and O–H groups in total. The maximum Gasteiger partial charge on any atom is 0.276 e. The summed E-state index contributed by atoms with van der Waals surface area (Å²) >= 11 is 1.30. The maximum absolute atomic E-state index is 13.9. The number of imidazole rings is 2. The lowest BCUT2D eigenvalue weighted by molar-refractivity contribution is 0.0991. The van der Waals surface area contributed by atoms with Gasteiger partial charge in [-0.25, -0.2) is 15.0 Å². The van der Waals surface area contributed by atoms with Crippen molar-refractivity contribution in [2.24, 2.45) is 11.5 Å². The molecule has 0 radical (unpaired) electrons. The van der Waals surface area contributed by atoms with Gasteiger partial charge in [0.05, 0.1) is 41.1 Å². The highest BCUT2D eigenvalue weighted by atomic mass is 32.1. The molecule has 5 heterocycles. The third kappa shape index (κ3) is 10.2. The van der Waals surface area contributed by atoms with Gasteiger partial charge in [0.2, 0.25) is 23.7 Å². The van der Waals surface area contributed by atoms with E-state index in [1.165, 1.54) is 24.5 Å². The maximum atomic E-state index is 13.9. The van der Waals surface area contributed by atoms with Crippen molar-refractivity contribution in [3.05, 3.63) is 80.6 Å². The number of thiazole rings is 1. The van der Waals surface area contributed by atoms with Gasteiger partial charge >= 0.3 is 0 Å². The Labute approximate surface area is 380 Å². The summed E-state index contributed by atoms with van der Waals surface area (Å²) in [4.78, 5) is 72.0. The fourth-order valence-electron chi connectivity index (χ4n) is 8.07. The number of piperazine rings is 1. The van der Waals surface area contributed by atoms with E-state index < -0.39 is 17.7 Å². The van der Waals surface area contributed by atoms with E-state index in [1.807, 2.05) is 44.4 Å². The first-order valence-electron chi connectivity index (χ1n) is 21.8. The van der Waals surface area contributed by atoms with Crippen molar-refractivity contribution in [1.29, 1.82) is 0 Å². The second kappa shape index (κ2) is 20.0. The van der Waals surface area contributed by atoms with E-state index in [4.69, 9.17) is 30.9 Å². The van der Waals surface area contributed by atoms with E-state index >= 15 is 0 Å².